The Morgan fingerprint density at radius 1 is 1.14 bits per heavy atom. The molecule has 29 heavy (non-hydrogen) atoms. The van der Waals surface area contributed by atoms with Crippen LogP contribution < -0.4 is 10.2 Å². The number of amides is 2. The fourth-order valence-electron chi connectivity index (χ4n) is 3.53. The van der Waals surface area contributed by atoms with Gasteiger partial charge in [-0.25, -0.2) is 0 Å². The molecule has 0 radical (unpaired) electrons. The number of rotatable bonds is 7. The summed E-state index contributed by atoms with van der Waals surface area (Å²) in [4.78, 5) is 38.6. The monoisotopic (exact) mass is 394 g/mol. The van der Waals surface area contributed by atoms with Crippen molar-refractivity contribution in [3.63, 3.8) is 0 Å². The zero-order chi connectivity index (χ0) is 20.8. The number of aryl methyl sites for hydroxylation is 1. The molecule has 152 valence electrons. The molecule has 1 aliphatic rings. The van der Waals surface area contributed by atoms with Crippen molar-refractivity contribution >= 4 is 23.5 Å². The molecule has 0 aromatic heterocycles. The summed E-state index contributed by atoms with van der Waals surface area (Å²) in [6.07, 6.45) is 0.897. The van der Waals surface area contributed by atoms with Crippen LogP contribution in [-0.2, 0) is 25.5 Å². The highest BCUT2D eigenvalue weighted by Gasteiger charge is 2.37. The third kappa shape index (κ3) is 5.02. The number of hydrogen-bond donors (Lipinski definition) is 1. The number of hydrogen-bond acceptors (Lipinski definition) is 4. The van der Waals surface area contributed by atoms with Crippen molar-refractivity contribution in [1.29, 1.82) is 0 Å². The van der Waals surface area contributed by atoms with Gasteiger partial charge in [0.15, 0.2) is 6.61 Å². The summed E-state index contributed by atoms with van der Waals surface area (Å²) >= 11 is 0. The standard InChI is InChI=1S/C23H26N2O4/c1-3-17-9-7-8-12-20(17)25-14-19(13-22(25)27)23(28)29-15-21(26)24-16(2)18-10-5-4-6-11-18/h4-12,16,19H,3,13-15H2,1-2H3,(H,24,26)/t16-,19+/m0/s1. The molecular weight excluding hydrogens is 368 g/mol. The molecule has 0 spiro atoms. The number of carbonyl (C=O) groups is 3. The van der Waals surface area contributed by atoms with Crippen LogP contribution in [0.2, 0.25) is 0 Å². The molecule has 0 aliphatic carbocycles. The van der Waals surface area contributed by atoms with Crippen LogP contribution in [0.1, 0.15) is 37.4 Å². The van der Waals surface area contributed by atoms with Crippen LogP contribution in [0.5, 0.6) is 0 Å². The van der Waals surface area contributed by atoms with Gasteiger partial charge in [-0.2, -0.15) is 0 Å². The minimum atomic E-state index is -0.563. The number of nitrogens with one attached hydrogen (secondary N) is 1. The molecule has 1 N–H and O–H groups in total. The largest absolute Gasteiger partial charge is 0.455 e. The highest BCUT2D eigenvalue weighted by atomic mass is 16.5. The Morgan fingerprint density at radius 3 is 2.55 bits per heavy atom. The summed E-state index contributed by atoms with van der Waals surface area (Å²) in [5.41, 5.74) is 2.87. The van der Waals surface area contributed by atoms with Crippen molar-refractivity contribution in [2.45, 2.75) is 32.7 Å². The van der Waals surface area contributed by atoms with E-state index in [0.717, 1.165) is 23.2 Å². The van der Waals surface area contributed by atoms with Crippen molar-refractivity contribution in [2.24, 2.45) is 5.92 Å². The third-order valence-corrected chi connectivity index (χ3v) is 5.14. The van der Waals surface area contributed by atoms with Gasteiger partial charge in [-0.3, -0.25) is 14.4 Å². The van der Waals surface area contributed by atoms with E-state index in [1.54, 1.807) is 4.90 Å². The van der Waals surface area contributed by atoms with E-state index >= 15 is 0 Å². The Labute approximate surface area is 170 Å². The van der Waals surface area contributed by atoms with Gasteiger partial charge in [0.05, 0.1) is 12.0 Å². The molecular formula is C23H26N2O4. The van der Waals surface area contributed by atoms with E-state index in [4.69, 9.17) is 4.74 Å². The molecule has 6 heteroatoms. The van der Waals surface area contributed by atoms with E-state index in [-0.39, 0.29) is 37.4 Å². The van der Waals surface area contributed by atoms with Gasteiger partial charge in [-0.15, -0.1) is 0 Å². The molecule has 0 bridgehead atoms. The van der Waals surface area contributed by atoms with E-state index in [1.165, 1.54) is 0 Å². The van der Waals surface area contributed by atoms with E-state index < -0.39 is 11.9 Å². The molecule has 0 unspecified atom stereocenters. The zero-order valence-corrected chi connectivity index (χ0v) is 16.8. The van der Waals surface area contributed by atoms with Gasteiger partial charge >= 0.3 is 5.97 Å². The summed E-state index contributed by atoms with van der Waals surface area (Å²) < 4.78 is 5.18. The molecule has 1 aliphatic heterocycles. The zero-order valence-electron chi connectivity index (χ0n) is 16.8. The van der Waals surface area contributed by atoms with Gasteiger partial charge in [0, 0.05) is 18.7 Å². The average molecular weight is 394 g/mol. The molecule has 2 atom stereocenters. The highest BCUT2D eigenvalue weighted by molar-refractivity contribution is 6.00. The van der Waals surface area contributed by atoms with Gasteiger partial charge in [-0.1, -0.05) is 55.5 Å². The van der Waals surface area contributed by atoms with E-state index in [1.807, 2.05) is 68.4 Å². The Kier molecular flexibility index (Phi) is 6.65. The molecule has 1 heterocycles. The lowest BCUT2D eigenvalue weighted by molar-refractivity contribution is -0.152. The van der Waals surface area contributed by atoms with Crippen LogP contribution in [0.3, 0.4) is 0 Å². The molecule has 0 saturated carbocycles. The molecule has 3 rings (SSSR count). The highest BCUT2D eigenvalue weighted by Crippen LogP contribution is 2.29. The second kappa shape index (κ2) is 9.37. The second-order valence-corrected chi connectivity index (χ2v) is 7.20. The maximum absolute atomic E-state index is 12.4. The van der Waals surface area contributed by atoms with Gasteiger partial charge in [-0.05, 0) is 30.5 Å². The number of nitrogens with zero attached hydrogens (tertiary/aromatic N) is 1. The fraction of sp³-hybridized carbons (Fsp3) is 0.348. The Bertz CT molecular complexity index is 881. The normalized spacial score (nSPS) is 17.1. The number of benzene rings is 2. The quantitative estimate of drug-likeness (QED) is 0.733. The molecule has 6 nitrogen and oxygen atoms in total. The van der Waals surface area contributed by atoms with Gasteiger partial charge in [0.1, 0.15) is 0 Å². The minimum Gasteiger partial charge on any atom is -0.455 e. The Balaban J connectivity index is 1.52. The number of para-hydroxylation sites is 1. The summed E-state index contributed by atoms with van der Waals surface area (Å²) in [7, 11) is 0. The van der Waals surface area contributed by atoms with Crippen LogP contribution in [0, 0.1) is 5.92 Å². The fourth-order valence-corrected chi connectivity index (χ4v) is 3.53. The molecule has 2 amide bonds. The lowest BCUT2D eigenvalue weighted by atomic mass is 10.1. The first-order valence-electron chi connectivity index (χ1n) is 9.88. The first kappa shape index (κ1) is 20.6. The van der Waals surface area contributed by atoms with E-state index in [9.17, 15) is 14.4 Å². The second-order valence-electron chi connectivity index (χ2n) is 7.20. The lowest BCUT2D eigenvalue weighted by Crippen LogP contribution is -2.33. The van der Waals surface area contributed by atoms with Crippen LogP contribution >= 0.6 is 0 Å². The molecule has 1 saturated heterocycles. The lowest BCUT2D eigenvalue weighted by Gasteiger charge is -2.19. The van der Waals surface area contributed by atoms with Crippen molar-refractivity contribution in [2.75, 3.05) is 18.1 Å². The SMILES string of the molecule is CCc1ccccc1N1C[C@H](C(=O)OCC(=O)N[C@@H](C)c2ccccc2)CC1=O. The first-order valence-corrected chi connectivity index (χ1v) is 9.88. The molecule has 2 aromatic carbocycles. The van der Waals surface area contributed by atoms with Gasteiger partial charge in [0.25, 0.3) is 5.91 Å². The number of esters is 1. The summed E-state index contributed by atoms with van der Waals surface area (Å²) in [5, 5.41) is 2.81. The van der Waals surface area contributed by atoms with E-state index in [0.29, 0.717) is 0 Å². The van der Waals surface area contributed by atoms with Crippen molar-refractivity contribution < 1.29 is 19.1 Å². The summed E-state index contributed by atoms with van der Waals surface area (Å²) in [5.74, 6) is -1.55. The predicted octanol–water partition coefficient (Wildman–Crippen LogP) is 3.02. The van der Waals surface area contributed by atoms with Crippen LogP contribution in [0.4, 0.5) is 5.69 Å². The average Bonchev–Trinajstić information content (AvgIpc) is 3.14. The Hall–Kier alpha value is -3.15. The Morgan fingerprint density at radius 2 is 1.83 bits per heavy atom. The van der Waals surface area contributed by atoms with Crippen molar-refractivity contribution in [3.8, 4) is 0 Å². The van der Waals surface area contributed by atoms with E-state index in [2.05, 4.69) is 5.32 Å². The summed E-state index contributed by atoms with van der Waals surface area (Å²) in [6, 6.07) is 17.1. The van der Waals surface area contributed by atoms with Gasteiger partial charge in [0.2, 0.25) is 5.91 Å². The maximum Gasteiger partial charge on any atom is 0.311 e. The molecule has 2 aromatic rings. The summed E-state index contributed by atoms with van der Waals surface area (Å²) in [6.45, 7) is 3.82. The topological polar surface area (TPSA) is 75.7 Å². The minimum absolute atomic E-state index is 0.0961. The van der Waals surface area contributed by atoms with Crippen LogP contribution in [0.25, 0.3) is 0 Å². The smallest absolute Gasteiger partial charge is 0.311 e. The number of ether oxygens (including phenoxy) is 1. The first-order chi connectivity index (χ1) is 14.0. The number of carbonyl (C=O) groups excluding carboxylic acids is 3. The van der Waals surface area contributed by atoms with Crippen LogP contribution in [0.15, 0.2) is 54.6 Å². The van der Waals surface area contributed by atoms with Crippen molar-refractivity contribution in [3.05, 3.63) is 65.7 Å². The van der Waals surface area contributed by atoms with Crippen molar-refractivity contribution in [1.82, 2.24) is 5.32 Å². The van der Waals surface area contributed by atoms with Crippen LogP contribution in [-0.4, -0.2) is 30.9 Å². The van der Waals surface area contributed by atoms with Gasteiger partial charge < -0.3 is 15.0 Å². The third-order valence-electron chi connectivity index (χ3n) is 5.14. The molecule has 1 fully saturated rings. The predicted molar refractivity (Wildman–Crippen MR) is 110 cm³/mol. The number of anilines is 1. The maximum atomic E-state index is 12.4.